The zero-order chi connectivity index (χ0) is 15.0. The molecule has 114 valence electrons. The summed E-state index contributed by atoms with van der Waals surface area (Å²) in [4.78, 5) is 9.03. The SMILES string of the molecule is CCCNc1cc(OCCOCC)nc(C(C)(C)C)n1. The van der Waals surface area contributed by atoms with Crippen molar-refractivity contribution in [1.82, 2.24) is 9.97 Å². The van der Waals surface area contributed by atoms with Crippen LogP contribution >= 0.6 is 0 Å². The highest BCUT2D eigenvalue weighted by Crippen LogP contribution is 2.23. The maximum Gasteiger partial charge on any atom is 0.218 e. The zero-order valence-electron chi connectivity index (χ0n) is 13.3. The Hall–Kier alpha value is -1.36. The molecule has 0 spiro atoms. The lowest BCUT2D eigenvalue weighted by Crippen LogP contribution is -2.18. The number of hydrogen-bond acceptors (Lipinski definition) is 5. The lowest BCUT2D eigenvalue weighted by molar-refractivity contribution is 0.108. The summed E-state index contributed by atoms with van der Waals surface area (Å²) in [6, 6.07) is 1.84. The minimum atomic E-state index is -0.109. The van der Waals surface area contributed by atoms with Gasteiger partial charge in [-0.2, -0.15) is 4.98 Å². The Morgan fingerprint density at radius 2 is 1.90 bits per heavy atom. The summed E-state index contributed by atoms with van der Waals surface area (Å²) in [6.07, 6.45) is 1.05. The van der Waals surface area contributed by atoms with Crippen LogP contribution in [0.4, 0.5) is 5.82 Å². The van der Waals surface area contributed by atoms with Crippen molar-refractivity contribution in [2.75, 3.05) is 31.7 Å². The maximum atomic E-state index is 5.65. The minimum absolute atomic E-state index is 0.109. The summed E-state index contributed by atoms with van der Waals surface area (Å²) in [7, 11) is 0. The molecule has 1 N–H and O–H groups in total. The largest absolute Gasteiger partial charge is 0.475 e. The van der Waals surface area contributed by atoms with Crippen LogP contribution in [0.3, 0.4) is 0 Å². The first kappa shape index (κ1) is 16.7. The summed E-state index contributed by atoms with van der Waals surface area (Å²) in [5, 5.41) is 3.29. The summed E-state index contributed by atoms with van der Waals surface area (Å²) in [6.45, 7) is 13.0. The van der Waals surface area contributed by atoms with E-state index in [0.29, 0.717) is 25.7 Å². The number of anilines is 1. The fraction of sp³-hybridized carbons (Fsp3) is 0.733. The number of ether oxygens (including phenoxy) is 2. The second-order valence-electron chi connectivity index (χ2n) is 5.64. The second-order valence-corrected chi connectivity index (χ2v) is 5.64. The molecule has 0 unspecified atom stereocenters. The van der Waals surface area contributed by atoms with Gasteiger partial charge >= 0.3 is 0 Å². The van der Waals surface area contributed by atoms with Crippen molar-refractivity contribution in [3.8, 4) is 5.88 Å². The number of rotatable bonds is 8. The van der Waals surface area contributed by atoms with Crippen LogP contribution in [0, 0.1) is 0 Å². The second kappa shape index (κ2) is 8.04. The van der Waals surface area contributed by atoms with Crippen molar-refractivity contribution in [3.05, 3.63) is 11.9 Å². The number of aromatic nitrogens is 2. The third-order valence-corrected chi connectivity index (χ3v) is 2.61. The van der Waals surface area contributed by atoms with E-state index < -0.39 is 0 Å². The highest BCUT2D eigenvalue weighted by molar-refractivity contribution is 5.39. The molecule has 0 atom stereocenters. The van der Waals surface area contributed by atoms with E-state index in [0.717, 1.165) is 24.6 Å². The molecular weight excluding hydrogens is 254 g/mol. The molecule has 1 aromatic heterocycles. The summed E-state index contributed by atoms with van der Waals surface area (Å²) < 4.78 is 10.9. The van der Waals surface area contributed by atoms with Gasteiger partial charge in [0.25, 0.3) is 0 Å². The fourth-order valence-electron chi connectivity index (χ4n) is 1.53. The predicted molar refractivity (Wildman–Crippen MR) is 81.5 cm³/mol. The first-order valence-electron chi connectivity index (χ1n) is 7.31. The van der Waals surface area contributed by atoms with Gasteiger partial charge in [-0.05, 0) is 13.3 Å². The smallest absolute Gasteiger partial charge is 0.218 e. The number of hydrogen-bond donors (Lipinski definition) is 1. The maximum absolute atomic E-state index is 5.65. The normalized spacial score (nSPS) is 11.4. The van der Waals surface area contributed by atoms with E-state index in [1.54, 1.807) is 0 Å². The van der Waals surface area contributed by atoms with E-state index in [4.69, 9.17) is 9.47 Å². The van der Waals surface area contributed by atoms with Crippen LogP contribution < -0.4 is 10.1 Å². The molecular formula is C15H27N3O2. The average Bonchev–Trinajstić information content (AvgIpc) is 2.40. The van der Waals surface area contributed by atoms with Gasteiger partial charge in [-0.25, -0.2) is 4.98 Å². The van der Waals surface area contributed by atoms with Crippen LogP contribution in [0.15, 0.2) is 6.07 Å². The zero-order valence-corrected chi connectivity index (χ0v) is 13.3. The van der Waals surface area contributed by atoms with Gasteiger partial charge in [0.2, 0.25) is 5.88 Å². The Labute approximate surface area is 122 Å². The van der Waals surface area contributed by atoms with Crippen LogP contribution in [0.5, 0.6) is 5.88 Å². The molecule has 1 rings (SSSR count). The van der Waals surface area contributed by atoms with Crippen LogP contribution in [-0.4, -0.2) is 36.3 Å². The summed E-state index contributed by atoms with van der Waals surface area (Å²) in [5.41, 5.74) is -0.109. The Morgan fingerprint density at radius 3 is 2.50 bits per heavy atom. The van der Waals surface area contributed by atoms with Gasteiger partial charge in [0, 0.05) is 24.6 Å². The van der Waals surface area contributed by atoms with E-state index in [2.05, 4.69) is 43.0 Å². The van der Waals surface area contributed by atoms with Crippen molar-refractivity contribution in [2.45, 2.75) is 46.5 Å². The molecule has 0 bridgehead atoms. The van der Waals surface area contributed by atoms with E-state index >= 15 is 0 Å². The van der Waals surface area contributed by atoms with Gasteiger partial charge in [-0.1, -0.05) is 27.7 Å². The van der Waals surface area contributed by atoms with Gasteiger partial charge in [0.05, 0.1) is 6.61 Å². The quantitative estimate of drug-likeness (QED) is 0.742. The van der Waals surface area contributed by atoms with E-state index in [-0.39, 0.29) is 5.41 Å². The van der Waals surface area contributed by atoms with Crippen molar-refractivity contribution < 1.29 is 9.47 Å². The Morgan fingerprint density at radius 1 is 1.15 bits per heavy atom. The van der Waals surface area contributed by atoms with Crippen LogP contribution in [0.1, 0.15) is 46.9 Å². The Kier molecular flexibility index (Phi) is 6.71. The molecule has 0 aromatic carbocycles. The molecule has 0 saturated carbocycles. The Bertz CT molecular complexity index is 403. The third-order valence-electron chi connectivity index (χ3n) is 2.61. The van der Waals surface area contributed by atoms with Gasteiger partial charge in [-0.3, -0.25) is 0 Å². The average molecular weight is 281 g/mol. The van der Waals surface area contributed by atoms with Crippen LogP contribution in [0.25, 0.3) is 0 Å². The van der Waals surface area contributed by atoms with Crippen LogP contribution in [-0.2, 0) is 10.2 Å². The molecule has 0 amide bonds. The molecule has 0 saturated heterocycles. The van der Waals surface area contributed by atoms with Gasteiger partial charge < -0.3 is 14.8 Å². The molecule has 0 aliphatic heterocycles. The molecule has 0 aliphatic carbocycles. The third kappa shape index (κ3) is 5.74. The fourth-order valence-corrected chi connectivity index (χ4v) is 1.53. The van der Waals surface area contributed by atoms with Gasteiger partial charge in [-0.15, -0.1) is 0 Å². The van der Waals surface area contributed by atoms with Gasteiger partial charge in [0.1, 0.15) is 18.2 Å². The van der Waals surface area contributed by atoms with Gasteiger partial charge in [0.15, 0.2) is 0 Å². The molecule has 5 nitrogen and oxygen atoms in total. The van der Waals surface area contributed by atoms with Crippen molar-refractivity contribution >= 4 is 5.82 Å². The molecule has 0 aliphatic rings. The lowest BCUT2D eigenvalue weighted by atomic mass is 9.96. The monoisotopic (exact) mass is 281 g/mol. The van der Waals surface area contributed by atoms with Crippen molar-refractivity contribution in [3.63, 3.8) is 0 Å². The Balaban J connectivity index is 2.80. The number of nitrogens with zero attached hydrogens (tertiary/aromatic N) is 2. The summed E-state index contributed by atoms with van der Waals surface area (Å²) >= 11 is 0. The number of nitrogens with one attached hydrogen (secondary N) is 1. The molecule has 5 heteroatoms. The molecule has 1 aromatic rings. The molecule has 20 heavy (non-hydrogen) atoms. The highest BCUT2D eigenvalue weighted by atomic mass is 16.5. The van der Waals surface area contributed by atoms with Crippen molar-refractivity contribution in [1.29, 1.82) is 0 Å². The molecule has 0 fully saturated rings. The van der Waals surface area contributed by atoms with E-state index in [9.17, 15) is 0 Å². The van der Waals surface area contributed by atoms with E-state index in [1.165, 1.54) is 0 Å². The van der Waals surface area contributed by atoms with Crippen molar-refractivity contribution in [2.24, 2.45) is 0 Å². The van der Waals surface area contributed by atoms with Crippen LogP contribution in [0.2, 0.25) is 0 Å². The molecule has 1 heterocycles. The lowest BCUT2D eigenvalue weighted by Gasteiger charge is -2.19. The first-order valence-corrected chi connectivity index (χ1v) is 7.31. The highest BCUT2D eigenvalue weighted by Gasteiger charge is 2.19. The minimum Gasteiger partial charge on any atom is -0.475 e. The molecule has 0 radical (unpaired) electrons. The topological polar surface area (TPSA) is 56.3 Å². The first-order chi connectivity index (χ1) is 9.47. The van der Waals surface area contributed by atoms with E-state index in [1.807, 2.05) is 13.0 Å². The predicted octanol–water partition coefficient (Wildman–Crippen LogP) is 3.01. The summed E-state index contributed by atoms with van der Waals surface area (Å²) in [5.74, 6) is 2.20. The standard InChI is InChI=1S/C15H27N3O2/c1-6-8-16-12-11-13(20-10-9-19-7-2)18-14(17-12)15(3,4)5/h11H,6-10H2,1-5H3,(H,16,17,18).